The molecule has 3 heterocycles. The fourth-order valence-electron chi connectivity index (χ4n) is 8.30. The van der Waals surface area contributed by atoms with Gasteiger partial charge in [0.25, 0.3) is 0 Å². The van der Waals surface area contributed by atoms with Crippen molar-refractivity contribution in [3.8, 4) is 29.9 Å². The normalized spacial score (nSPS) is 13.0. The van der Waals surface area contributed by atoms with Gasteiger partial charge in [-0.1, -0.05) is 139 Å². The molecule has 0 aliphatic heterocycles. The number of thiophene rings is 3. The van der Waals surface area contributed by atoms with Crippen LogP contribution in [0.4, 0.5) is 17.1 Å². The van der Waals surface area contributed by atoms with E-state index < -0.39 is 0 Å². The van der Waals surface area contributed by atoms with Gasteiger partial charge in [0.05, 0.1) is 0 Å². The van der Waals surface area contributed by atoms with E-state index in [0.717, 1.165) is 0 Å². The van der Waals surface area contributed by atoms with Crippen LogP contribution in [0.2, 0.25) is 0 Å². The van der Waals surface area contributed by atoms with Crippen molar-refractivity contribution in [2.45, 2.75) is 116 Å². The molecule has 0 saturated heterocycles. The summed E-state index contributed by atoms with van der Waals surface area (Å²) in [7, 11) is 0. The van der Waals surface area contributed by atoms with Crippen LogP contribution in [0.5, 0.6) is 0 Å². The molecule has 52 heavy (non-hydrogen) atoms. The number of hydrogen-bond acceptors (Lipinski definition) is 4. The first kappa shape index (κ1) is 36.9. The van der Waals surface area contributed by atoms with Crippen LogP contribution in [0.3, 0.4) is 0 Å². The van der Waals surface area contributed by atoms with E-state index >= 15 is 0 Å². The van der Waals surface area contributed by atoms with Gasteiger partial charge < -0.3 is 4.90 Å². The molecule has 0 bridgehead atoms. The molecule has 0 unspecified atom stereocenters. The number of benzene rings is 3. The fourth-order valence-corrected chi connectivity index (χ4v) is 11.9. The Kier molecular flexibility index (Phi) is 12.5. The van der Waals surface area contributed by atoms with Crippen LogP contribution in [-0.2, 0) is 5.41 Å². The van der Waals surface area contributed by atoms with E-state index in [2.05, 4.69) is 146 Å². The van der Waals surface area contributed by atoms with Crippen molar-refractivity contribution in [1.29, 1.82) is 0 Å². The van der Waals surface area contributed by atoms with Crippen molar-refractivity contribution in [3.63, 3.8) is 0 Å². The Hall–Kier alpha value is -3.44. The zero-order chi connectivity index (χ0) is 35.8. The van der Waals surface area contributed by atoms with E-state index in [1.807, 2.05) is 22.7 Å². The molecular formula is C48H55NS3. The number of fused-ring (bicyclic) bond motifs is 3. The summed E-state index contributed by atoms with van der Waals surface area (Å²) in [5.74, 6) is 0. The zero-order valence-electron chi connectivity index (χ0n) is 31.5. The second kappa shape index (κ2) is 17.6. The van der Waals surface area contributed by atoms with Crippen molar-refractivity contribution >= 4 is 51.1 Å². The molecule has 1 nitrogen and oxygen atoms in total. The van der Waals surface area contributed by atoms with Gasteiger partial charge in [-0.25, -0.2) is 0 Å². The first-order valence-electron chi connectivity index (χ1n) is 20.0. The first-order chi connectivity index (χ1) is 25.6. The third kappa shape index (κ3) is 8.05. The summed E-state index contributed by atoms with van der Waals surface area (Å²) < 4.78 is 0. The van der Waals surface area contributed by atoms with Crippen LogP contribution in [0.25, 0.3) is 29.9 Å². The molecule has 1 aliphatic rings. The Bertz CT molecular complexity index is 1920. The van der Waals surface area contributed by atoms with Gasteiger partial charge in [0.2, 0.25) is 0 Å². The molecule has 1 aliphatic carbocycles. The molecule has 0 amide bonds. The van der Waals surface area contributed by atoms with Crippen molar-refractivity contribution in [1.82, 2.24) is 0 Å². The summed E-state index contributed by atoms with van der Waals surface area (Å²) in [6, 6.07) is 40.4. The standard InChI is InChI=1S/C48H55NS3/c1-4-6-8-10-12-20-32-48(33-21-13-11-9-7-5-2)41-34-36(3)50-46(41)47-42(48)35-45(52-47)44-31-30-43(51-44)37-26-28-40(29-27-37)49(38-22-16-14-17-23-38)39-24-18-15-19-25-39/h14-19,22-31,34-35H,4-13,20-21,32-33H2,1-3H3. The number of aryl methyl sites for hydroxylation is 1. The number of anilines is 3. The summed E-state index contributed by atoms with van der Waals surface area (Å²) in [6.45, 7) is 6.97. The topological polar surface area (TPSA) is 3.24 Å². The Balaban J connectivity index is 1.15. The second-order valence-electron chi connectivity index (χ2n) is 14.8. The number of unbranched alkanes of at least 4 members (excludes halogenated alkanes) is 10. The van der Waals surface area contributed by atoms with Gasteiger partial charge in [-0.3, -0.25) is 0 Å². The van der Waals surface area contributed by atoms with Gasteiger partial charge in [0.15, 0.2) is 0 Å². The minimum Gasteiger partial charge on any atom is -0.311 e. The lowest BCUT2D eigenvalue weighted by Crippen LogP contribution is -2.25. The van der Waals surface area contributed by atoms with Crippen LogP contribution >= 0.6 is 34.0 Å². The lowest BCUT2D eigenvalue weighted by atomic mass is 9.71. The van der Waals surface area contributed by atoms with Crippen molar-refractivity contribution in [2.75, 3.05) is 4.90 Å². The molecule has 0 radical (unpaired) electrons. The minimum atomic E-state index is 0.180. The van der Waals surface area contributed by atoms with E-state index in [-0.39, 0.29) is 5.41 Å². The molecule has 270 valence electrons. The number of hydrogen-bond donors (Lipinski definition) is 0. The van der Waals surface area contributed by atoms with Gasteiger partial charge in [0.1, 0.15) is 0 Å². The molecule has 0 spiro atoms. The third-order valence-electron chi connectivity index (χ3n) is 11.0. The predicted octanol–water partition coefficient (Wildman–Crippen LogP) is 16.8. The maximum atomic E-state index is 2.63. The van der Waals surface area contributed by atoms with E-state index in [4.69, 9.17) is 0 Å². The monoisotopic (exact) mass is 741 g/mol. The van der Waals surface area contributed by atoms with E-state index in [9.17, 15) is 0 Å². The van der Waals surface area contributed by atoms with Crippen LogP contribution in [0, 0.1) is 6.92 Å². The summed E-state index contributed by atoms with van der Waals surface area (Å²) in [6.07, 6.45) is 18.9. The highest BCUT2D eigenvalue weighted by molar-refractivity contribution is 7.27. The summed E-state index contributed by atoms with van der Waals surface area (Å²) in [4.78, 5) is 11.1. The van der Waals surface area contributed by atoms with Gasteiger partial charge >= 0.3 is 0 Å². The van der Waals surface area contributed by atoms with Gasteiger partial charge in [0, 0.05) is 51.7 Å². The fraction of sp³-hybridized carbons (Fsp3) is 0.375. The smallest absolute Gasteiger partial charge is 0.0493 e. The summed E-state index contributed by atoms with van der Waals surface area (Å²) in [5, 5.41) is 0. The molecule has 3 aromatic heterocycles. The number of para-hydroxylation sites is 2. The average molecular weight is 742 g/mol. The first-order valence-corrected chi connectivity index (χ1v) is 22.4. The highest BCUT2D eigenvalue weighted by atomic mass is 32.1. The summed E-state index contributed by atoms with van der Waals surface area (Å²) >= 11 is 6.05. The molecule has 6 aromatic rings. The van der Waals surface area contributed by atoms with Gasteiger partial charge in [-0.15, -0.1) is 34.0 Å². The lowest BCUT2D eigenvalue weighted by molar-refractivity contribution is 0.398. The molecule has 0 N–H and O–H groups in total. The van der Waals surface area contributed by atoms with Crippen LogP contribution in [-0.4, -0.2) is 0 Å². The Morgan fingerprint density at radius 2 is 0.962 bits per heavy atom. The number of nitrogens with zero attached hydrogens (tertiary/aromatic N) is 1. The molecule has 0 saturated carbocycles. The highest BCUT2D eigenvalue weighted by Gasteiger charge is 2.45. The third-order valence-corrected chi connectivity index (χ3v) is 14.7. The van der Waals surface area contributed by atoms with Gasteiger partial charge in [-0.2, -0.15) is 0 Å². The zero-order valence-corrected chi connectivity index (χ0v) is 33.9. The van der Waals surface area contributed by atoms with Crippen LogP contribution in [0.1, 0.15) is 120 Å². The van der Waals surface area contributed by atoms with Crippen LogP contribution < -0.4 is 4.90 Å². The molecule has 7 rings (SSSR count). The molecule has 4 heteroatoms. The lowest BCUT2D eigenvalue weighted by Gasteiger charge is -2.31. The van der Waals surface area contributed by atoms with Crippen LogP contribution in [0.15, 0.2) is 109 Å². The van der Waals surface area contributed by atoms with Crippen molar-refractivity contribution < 1.29 is 0 Å². The maximum Gasteiger partial charge on any atom is 0.0493 e. The van der Waals surface area contributed by atoms with Crippen molar-refractivity contribution in [2.24, 2.45) is 0 Å². The Morgan fingerprint density at radius 3 is 1.56 bits per heavy atom. The minimum absolute atomic E-state index is 0.180. The number of rotatable bonds is 19. The largest absolute Gasteiger partial charge is 0.311 e. The maximum absolute atomic E-state index is 2.63. The summed E-state index contributed by atoms with van der Waals surface area (Å²) in [5.41, 5.74) is 8.27. The van der Waals surface area contributed by atoms with Crippen molar-refractivity contribution in [3.05, 3.63) is 125 Å². The molecule has 0 atom stereocenters. The molecule has 3 aromatic carbocycles. The van der Waals surface area contributed by atoms with E-state index in [1.165, 1.54) is 132 Å². The molecule has 0 fully saturated rings. The average Bonchev–Trinajstić information content (AvgIpc) is 3.97. The van der Waals surface area contributed by atoms with E-state index in [0.29, 0.717) is 0 Å². The van der Waals surface area contributed by atoms with E-state index in [1.54, 1.807) is 20.9 Å². The highest BCUT2D eigenvalue weighted by Crippen LogP contribution is 2.61. The Morgan fingerprint density at radius 1 is 0.462 bits per heavy atom. The SMILES string of the molecule is CCCCCCCCC1(CCCCCCCC)c2cc(C)sc2-c2sc(-c3ccc(-c4ccc(N(c5ccccc5)c5ccccc5)cc4)s3)cc21. The Labute approximate surface area is 325 Å². The van der Waals surface area contributed by atoms with Gasteiger partial charge in [-0.05, 0) is 97.1 Å². The molecular weight excluding hydrogens is 687 g/mol. The second-order valence-corrected chi connectivity index (χ2v) is 18.2. The predicted molar refractivity (Wildman–Crippen MR) is 233 cm³/mol. The quantitative estimate of drug-likeness (QED) is 0.0747.